The highest BCUT2D eigenvalue weighted by Gasteiger charge is 2.05. The minimum absolute atomic E-state index is 0.0382. The van der Waals surface area contributed by atoms with Crippen LogP contribution in [0.2, 0.25) is 0 Å². The average molecular weight is 176 g/mol. The maximum atomic E-state index is 8.85. The van der Waals surface area contributed by atoms with Crippen LogP contribution in [0.4, 0.5) is 0 Å². The van der Waals surface area contributed by atoms with Crippen LogP contribution in [0.25, 0.3) is 0 Å². The SMILES string of the molecule is CC(C)COCC(C)OC(C)O. The predicted molar refractivity (Wildman–Crippen MR) is 47.9 cm³/mol. The highest BCUT2D eigenvalue weighted by Crippen LogP contribution is 1.98. The summed E-state index contributed by atoms with van der Waals surface area (Å²) < 4.78 is 10.4. The molecule has 3 heteroatoms. The molecule has 0 aromatic carbocycles. The first kappa shape index (κ1) is 11.9. The van der Waals surface area contributed by atoms with Crippen LogP contribution in [-0.2, 0) is 9.47 Å². The van der Waals surface area contributed by atoms with Crippen molar-refractivity contribution in [3.05, 3.63) is 0 Å². The molecule has 0 radical (unpaired) electrons. The molecule has 1 N–H and O–H groups in total. The van der Waals surface area contributed by atoms with Gasteiger partial charge in [0, 0.05) is 6.61 Å². The van der Waals surface area contributed by atoms with Crippen LogP contribution in [0.5, 0.6) is 0 Å². The van der Waals surface area contributed by atoms with Gasteiger partial charge in [-0.15, -0.1) is 0 Å². The first-order valence-electron chi connectivity index (χ1n) is 4.43. The topological polar surface area (TPSA) is 38.7 Å². The summed E-state index contributed by atoms with van der Waals surface area (Å²) in [6.07, 6.45) is -0.744. The lowest BCUT2D eigenvalue weighted by Gasteiger charge is -2.15. The molecule has 12 heavy (non-hydrogen) atoms. The van der Waals surface area contributed by atoms with Crippen LogP contribution in [0.3, 0.4) is 0 Å². The lowest BCUT2D eigenvalue weighted by molar-refractivity contribution is -0.136. The fourth-order valence-corrected chi connectivity index (χ4v) is 0.845. The summed E-state index contributed by atoms with van der Waals surface area (Å²) in [4.78, 5) is 0. The molecule has 0 aliphatic carbocycles. The van der Waals surface area contributed by atoms with Crippen LogP contribution in [0.15, 0.2) is 0 Å². The van der Waals surface area contributed by atoms with Crippen LogP contribution >= 0.6 is 0 Å². The van der Waals surface area contributed by atoms with Gasteiger partial charge in [0.2, 0.25) is 0 Å². The molecule has 74 valence electrons. The van der Waals surface area contributed by atoms with Gasteiger partial charge < -0.3 is 14.6 Å². The molecule has 0 rings (SSSR count). The standard InChI is InChI=1S/C9H20O3/c1-7(2)5-11-6-8(3)12-9(4)10/h7-10H,5-6H2,1-4H3. The first-order valence-corrected chi connectivity index (χ1v) is 4.43. The second kappa shape index (κ2) is 6.40. The van der Waals surface area contributed by atoms with Crippen LogP contribution in [0, 0.1) is 5.92 Å². The van der Waals surface area contributed by atoms with Gasteiger partial charge in [0.05, 0.1) is 12.7 Å². The molecular weight excluding hydrogens is 156 g/mol. The molecule has 3 nitrogen and oxygen atoms in total. The normalized spacial score (nSPS) is 16.5. The van der Waals surface area contributed by atoms with Crippen molar-refractivity contribution in [2.24, 2.45) is 5.92 Å². The molecule has 0 aromatic heterocycles. The van der Waals surface area contributed by atoms with Gasteiger partial charge in [-0.1, -0.05) is 13.8 Å². The van der Waals surface area contributed by atoms with Crippen molar-refractivity contribution >= 4 is 0 Å². The largest absolute Gasteiger partial charge is 0.379 e. The Morgan fingerprint density at radius 2 is 1.67 bits per heavy atom. The van der Waals surface area contributed by atoms with Gasteiger partial charge in [-0.25, -0.2) is 0 Å². The zero-order valence-corrected chi connectivity index (χ0v) is 8.41. The quantitative estimate of drug-likeness (QED) is 0.622. The fraction of sp³-hybridized carbons (Fsp3) is 1.00. The van der Waals surface area contributed by atoms with Crippen molar-refractivity contribution in [2.75, 3.05) is 13.2 Å². The van der Waals surface area contributed by atoms with E-state index in [-0.39, 0.29) is 6.10 Å². The van der Waals surface area contributed by atoms with Gasteiger partial charge in [-0.3, -0.25) is 0 Å². The Hall–Kier alpha value is -0.120. The molecule has 0 fully saturated rings. The minimum atomic E-state index is -0.706. The molecule has 0 bridgehead atoms. The van der Waals surface area contributed by atoms with Crippen LogP contribution < -0.4 is 0 Å². The molecule has 0 aromatic rings. The number of aliphatic hydroxyl groups is 1. The predicted octanol–water partition coefficient (Wildman–Crippen LogP) is 1.40. The van der Waals surface area contributed by atoms with Gasteiger partial charge >= 0.3 is 0 Å². The van der Waals surface area contributed by atoms with E-state index in [1.807, 2.05) is 6.92 Å². The summed E-state index contributed by atoms with van der Waals surface area (Å²) in [5, 5.41) is 8.85. The molecule has 0 heterocycles. The highest BCUT2D eigenvalue weighted by molar-refractivity contribution is 4.48. The Balaban J connectivity index is 3.25. The Morgan fingerprint density at radius 1 is 1.08 bits per heavy atom. The first-order chi connectivity index (χ1) is 5.52. The molecule has 0 spiro atoms. The Labute approximate surface area is 74.7 Å². The smallest absolute Gasteiger partial charge is 0.152 e. The molecule has 0 amide bonds. The van der Waals surface area contributed by atoms with E-state index in [0.29, 0.717) is 12.5 Å². The molecule has 0 saturated carbocycles. The van der Waals surface area contributed by atoms with Crippen molar-refractivity contribution in [2.45, 2.75) is 40.1 Å². The number of aliphatic hydroxyl groups excluding tert-OH is 1. The summed E-state index contributed by atoms with van der Waals surface area (Å²) in [7, 11) is 0. The molecule has 2 unspecified atom stereocenters. The van der Waals surface area contributed by atoms with Crippen molar-refractivity contribution < 1.29 is 14.6 Å². The van der Waals surface area contributed by atoms with E-state index in [1.165, 1.54) is 0 Å². The Morgan fingerprint density at radius 3 is 2.08 bits per heavy atom. The maximum absolute atomic E-state index is 8.85. The Kier molecular flexibility index (Phi) is 6.34. The number of hydrogen-bond donors (Lipinski definition) is 1. The van der Waals surface area contributed by atoms with Crippen molar-refractivity contribution in [1.29, 1.82) is 0 Å². The van der Waals surface area contributed by atoms with E-state index < -0.39 is 6.29 Å². The van der Waals surface area contributed by atoms with E-state index in [0.717, 1.165) is 6.61 Å². The van der Waals surface area contributed by atoms with Crippen LogP contribution in [0.1, 0.15) is 27.7 Å². The third kappa shape index (κ3) is 7.98. The zero-order valence-electron chi connectivity index (χ0n) is 8.41. The van der Waals surface area contributed by atoms with Crippen molar-refractivity contribution in [3.63, 3.8) is 0 Å². The lowest BCUT2D eigenvalue weighted by atomic mass is 10.2. The van der Waals surface area contributed by atoms with Gasteiger partial charge in [-0.2, -0.15) is 0 Å². The summed E-state index contributed by atoms with van der Waals surface area (Å²) in [5.74, 6) is 0.545. The van der Waals surface area contributed by atoms with Crippen molar-refractivity contribution in [1.82, 2.24) is 0 Å². The molecule has 0 aliphatic rings. The maximum Gasteiger partial charge on any atom is 0.152 e. The van der Waals surface area contributed by atoms with E-state index in [4.69, 9.17) is 14.6 Å². The second-order valence-corrected chi connectivity index (χ2v) is 3.48. The summed E-state index contributed by atoms with van der Waals surface area (Å²) in [6.45, 7) is 8.96. The molecule has 0 saturated heterocycles. The Bertz CT molecular complexity index is 102. The summed E-state index contributed by atoms with van der Waals surface area (Å²) in [6, 6.07) is 0. The third-order valence-electron chi connectivity index (χ3n) is 1.23. The van der Waals surface area contributed by atoms with Gasteiger partial charge in [0.25, 0.3) is 0 Å². The summed E-state index contributed by atoms with van der Waals surface area (Å²) >= 11 is 0. The molecule has 2 atom stereocenters. The zero-order chi connectivity index (χ0) is 9.56. The summed E-state index contributed by atoms with van der Waals surface area (Å²) in [5.41, 5.74) is 0. The molecule has 0 aliphatic heterocycles. The van der Waals surface area contributed by atoms with Gasteiger partial charge in [0.1, 0.15) is 0 Å². The monoisotopic (exact) mass is 176 g/mol. The van der Waals surface area contributed by atoms with Crippen LogP contribution in [-0.4, -0.2) is 30.7 Å². The molecular formula is C9H20O3. The highest BCUT2D eigenvalue weighted by atomic mass is 16.6. The second-order valence-electron chi connectivity index (χ2n) is 3.48. The van der Waals surface area contributed by atoms with E-state index in [1.54, 1.807) is 6.92 Å². The minimum Gasteiger partial charge on any atom is -0.379 e. The van der Waals surface area contributed by atoms with E-state index in [2.05, 4.69) is 13.8 Å². The van der Waals surface area contributed by atoms with Gasteiger partial charge in [-0.05, 0) is 19.8 Å². The van der Waals surface area contributed by atoms with E-state index >= 15 is 0 Å². The van der Waals surface area contributed by atoms with Crippen molar-refractivity contribution in [3.8, 4) is 0 Å². The fourth-order valence-electron chi connectivity index (χ4n) is 0.845. The van der Waals surface area contributed by atoms with E-state index in [9.17, 15) is 0 Å². The number of hydrogen-bond acceptors (Lipinski definition) is 3. The number of ether oxygens (including phenoxy) is 2. The third-order valence-corrected chi connectivity index (χ3v) is 1.23. The van der Waals surface area contributed by atoms with Gasteiger partial charge in [0.15, 0.2) is 6.29 Å². The lowest BCUT2D eigenvalue weighted by Crippen LogP contribution is -2.22. The number of rotatable bonds is 6. The average Bonchev–Trinajstić information content (AvgIpc) is 1.84.